The minimum Gasteiger partial charge on any atom is -0.367 e. The summed E-state index contributed by atoms with van der Waals surface area (Å²) in [4.78, 5) is 17.0. The molecule has 0 bridgehead atoms. The van der Waals surface area contributed by atoms with Crippen molar-refractivity contribution >= 4 is 11.3 Å². The van der Waals surface area contributed by atoms with E-state index in [1.165, 1.54) is 38.4 Å². The normalized spacial score (nSPS) is 13.2. The SMILES string of the molecule is CC(C)(C)c1c[nH]c(C(C)(C)C)c1.CC(C)(C)c1c[nH]cc1C(C)(C)C.CC(C)(C)c1ccsc1C(C)(C)C.CC(C)(C)c1cnnc(C(C)(C)C)c1.CC(C)(C)c1nccnc1C(C)(C)C. The Morgan fingerprint density at radius 1 is 0.403 bits per heavy atom. The second-order valence-electron chi connectivity index (χ2n) is 28.8. The summed E-state index contributed by atoms with van der Waals surface area (Å²) < 4.78 is 0. The van der Waals surface area contributed by atoms with Crippen molar-refractivity contribution < 1.29 is 0 Å². The van der Waals surface area contributed by atoms with E-state index in [2.05, 4.69) is 280 Å². The Morgan fingerprint density at radius 3 is 1.10 bits per heavy atom. The minimum atomic E-state index is 0.0663. The molecule has 0 spiro atoms. The summed E-state index contributed by atoms with van der Waals surface area (Å²) in [7, 11) is 0. The van der Waals surface area contributed by atoms with Gasteiger partial charge in [-0.15, -0.1) is 11.3 Å². The smallest absolute Gasteiger partial charge is 0.0687 e. The predicted octanol–water partition coefficient (Wildman–Crippen LogP) is 17.7. The van der Waals surface area contributed by atoms with E-state index in [0.717, 1.165) is 17.1 Å². The van der Waals surface area contributed by atoms with Crippen LogP contribution in [0.2, 0.25) is 0 Å². The van der Waals surface area contributed by atoms with Crippen LogP contribution in [0.15, 0.2) is 60.8 Å². The molecule has 0 aliphatic rings. The average Bonchev–Trinajstić information content (AvgIpc) is 3.92. The van der Waals surface area contributed by atoms with Crippen LogP contribution in [0.1, 0.15) is 263 Å². The molecule has 67 heavy (non-hydrogen) atoms. The lowest BCUT2D eigenvalue weighted by atomic mass is 9.78. The molecule has 0 fully saturated rings. The monoisotopic (exact) mass is 939 g/mol. The molecule has 0 saturated heterocycles. The van der Waals surface area contributed by atoms with Crippen molar-refractivity contribution in [2.45, 2.75) is 262 Å². The van der Waals surface area contributed by atoms with Crippen LogP contribution in [0.4, 0.5) is 0 Å². The van der Waals surface area contributed by atoms with Gasteiger partial charge in [0.05, 0.1) is 23.3 Å². The molecule has 0 unspecified atom stereocenters. The van der Waals surface area contributed by atoms with E-state index in [1.54, 1.807) is 12.4 Å². The highest BCUT2D eigenvalue weighted by Gasteiger charge is 2.29. The zero-order valence-corrected chi connectivity index (χ0v) is 49.8. The fourth-order valence-corrected chi connectivity index (χ4v) is 8.12. The van der Waals surface area contributed by atoms with Gasteiger partial charge in [-0.1, -0.05) is 208 Å². The van der Waals surface area contributed by atoms with E-state index in [4.69, 9.17) is 0 Å². The third-order valence-electron chi connectivity index (χ3n) is 11.3. The molecular formula is C60H102N6S. The molecule has 0 saturated carbocycles. The molecule has 5 heterocycles. The second-order valence-corrected chi connectivity index (χ2v) is 29.7. The van der Waals surface area contributed by atoms with E-state index in [0.29, 0.717) is 0 Å². The summed E-state index contributed by atoms with van der Waals surface area (Å²) in [6.45, 7) is 66.7. The van der Waals surface area contributed by atoms with E-state index in [-0.39, 0.29) is 54.1 Å². The third kappa shape index (κ3) is 20.1. The first-order valence-corrected chi connectivity index (χ1v) is 25.6. The summed E-state index contributed by atoms with van der Waals surface area (Å²) in [5.41, 5.74) is 13.5. The molecule has 0 atom stereocenters. The number of aromatic amines is 2. The summed E-state index contributed by atoms with van der Waals surface area (Å²) in [5.74, 6) is 0. The largest absolute Gasteiger partial charge is 0.367 e. The highest BCUT2D eigenvalue weighted by atomic mass is 32.1. The molecule has 5 aromatic heterocycles. The van der Waals surface area contributed by atoms with Crippen LogP contribution >= 0.6 is 11.3 Å². The fraction of sp³-hybridized carbons (Fsp3) is 0.667. The van der Waals surface area contributed by atoms with Crippen LogP contribution in [-0.2, 0) is 54.1 Å². The lowest BCUT2D eigenvalue weighted by Gasteiger charge is -2.27. The summed E-state index contributed by atoms with van der Waals surface area (Å²) in [5, 5.41) is 10.5. The van der Waals surface area contributed by atoms with Crippen molar-refractivity contribution in [1.82, 2.24) is 30.1 Å². The molecule has 6 nitrogen and oxygen atoms in total. The zero-order chi connectivity index (χ0) is 52.8. The maximum absolute atomic E-state index is 4.45. The number of thiophene rings is 1. The van der Waals surface area contributed by atoms with Crippen LogP contribution in [0.5, 0.6) is 0 Å². The van der Waals surface area contributed by atoms with Crippen molar-refractivity contribution in [2.75, 3.05) is 0 Å². The minimum absolute atomic E-state index is 0.0663. The topological polar surface area (TPSA) is 83.1 Å². The van der Waals surface area contributed by atoms with Crippen LogP contribution in [0.3, 0.4) is 0 Å². The molecule has 0 aliphatic heterocycles. The first-order chi connectivity index (χ1) is 29.6. The van der Waals surface area contributed by atoms with Gasteiger partial charge in [-0.3, -0.25) is 9.97 Å². The van der Waals surface area contributed by atoms with Gasteiger partial charge in [-0.25, -0.2) is 0 Å². The van der Waals surface area contributed by atoms with E-state index >= 15 is 0 Å². The maximum atomic E-state index is 4.45. The number of hydrogen-bond acceptors (Lipinski definition) is 5. The van der Waals surface area contributed by atoms with Gasteiger partial charge < -0.3 is 9.97 Å². The fourth-order valence-electron chi connectivity index (χ4n) is 6.92. The Kier molecular flexibility index (Phi) is 20.2. The molecule has 0 aliphatic carbocycles. The second kappa shape index (κ2) is 22.0. The number of nitrogens with one attached hydrogen (secondary N) is 2. The van der Waals surface area contributed by atoms with Crippen molar-refractivity contribution in [3.05, 3.63) is 116 Å². The molecule has 0 aromatic carbocycles. The van der Waals surface area contributed by atoms with Gasteiger partial charge in [0.2, 0.25) is 0 Å². The quantitative estimate of drug-likeness (QED) is 0.162. The van der Waals surface area contributed by atoms with Gasteiger partial charge in [-0.2, -0.15) is 10.2 Å². The van der Waals surface area contributed by atoms with Gasteiger partial charge in [0, 0.05) is 63.2 Å². The maximum Gasteiger partial charge on any atom is 0.0687 e. The number of nitrogens with zero attached hydrogens (tertiary/aromatic N) is 4. The summed E-state index contributed by atoms with van der Waals surface area (Å²) >= 11 is 1.88. The molecule has 2 N–H and O–H groups in total. The average molecular weight is 940 g/mol. The number of H-pyrrole nitrogens is 2. The van der Waals surface area contributed by atoms with Crippen LogP contribution in [0.25, 0.3) is 0 Å². The first kappa shape index (κ1) is 61.4. The van der Waals surface area contributed by atoms with E-state index in [1.807, 2.05) is 17.5 Å². The first-order valence-electron chi connectivity index (χ1n) is 24.7. The van der Waals surface area contributed by atoms with Gasteiger partial charge >= 0.3 is 0 Å². The summed E-state index contributed by atoms with van der Waals surface area (Å²) in [6, 6.07) is 6.71. The highest BCUT2D eigenvalue weighted by molar-refractivity contribution is 7.10. The van der Waals surface area contributed by atoms with Gasteiger partial charge in [0.25, 0.3) is 0 Å². The van der Waals surface area contributed by atoms with Crippen LogP contribution < -0.4 is 0 Å². The number of rotatable bonds is 0. The van der Waals surface area contributed by atoms with Crippen molar-refractivity contribution in [3.63, 3.8) is 0 Å². The Hall–Kier alpha value is -3.58. The van der Waals surface area contributed by atoms with E-state index in [9.17, 15) is 0 Å². The van der Waals surface area contributed by atoms with Gasteiger partial charge in [0.1, 0.15) is 0 Å². The number of aromatic nitrogens is 6. The zero-order valence-electron chi connectivity index (χ0n) is 49.0. The van der Waals surface area contributed by atoms with Gasteiger partial charge in [-0.05, 0) is 83.9 Å². The van der Waals surface area contributed by atoms with Crippen LogP contribution in [-0.4, -0.2) is 30.1 Å². The molecule has 378 valence electrons. The molecular weight excluding hydrogens is 837 g/mol. The predicted molar refractivity (Wildman–Crippen MR) is 297 cm³/mol. The third-order valence-corrected chi connectivity index (χ3v) is 12.6. The van der Waals surface area contributed by atoms with E-state index < -0.39 is 0 Å². The number of hydrogen-bond donors (Lipinski definition) is 2. The summed E-state index contributed by atoms with van der Waals surface area (Å²) in [6.07, 6.45) is 11.8. The lowest BCUT2D eigenvalue weighted by Crippen LogP contribution is -2.24. The molecule has 5 rings (SSSR count). The Morgan fingerprint density at radius 2 is 0.821 bits per heavy atom. The Bertz CT molecular complexity index is 2020. The Balaban J connectivity index is 0.000000419. The standard InChI is InChI=1S/2C12H20N2.2C12H21N.C12H20S/c1-11(2,3)9-7-10(12(4,5)6)14-13-8-9;1-11(2,3)9-10(12(4,5)6)14-8-7-13-9;1-11(2,3)9-7-13-8-10(9)12(4,5)6;1-11(2,3)9-7-10(13-8-9)12(4,5)6;1-11(2,3)9-7-8-13-10(9)12(4,5)6/h2*7-8H,1-6H3;2*7-8,13H,1-6H3;7-8H,1-6H3. The van der Waals surface area contributed by atoms with Crippen molar-refractivity contribution in [1.29, 1.82) is 0 Å². The Labute approximate surface area is 417 Å². The van der Waals surface area contributed by atoms with Crippen molar-refractivity contribution in [3.8, 4) is 0 Å². The van der Waals surface area contributed by atoms with Crippen LogP contribution in [0, 0.1) is 0 Å². The molecule has 0 radical (unpaired) electrons. The molecule has 7 heteroatoms. The lowest BCUT2D eigenvalue weighted by molar-refractivity contribution is 0.498. The van der Waals surface area contributed by atoms with Crippen molar-refractivity contribution in [2.24, 2.45) is 0 Å². The van der Waals surface area contributed by atoms with Gasteiger partial charge in [0.15, 0.2) is 0 Å². The highest BCUT2D eigenvalue weighted by Crippen LogP contribution is 2.38. The molecule has 5 aromatic rings. The molecule has 0 amide bonds.